The van der Waals surface area contributed by atoms with Crippen LogP contribution in [-0.4, -0.2) is 46.8 Å². The van der Waals surface area contributed by atoms with Crippen LogP contribution in [0.4, 0.5) is 0 Å². The standard InChI is InChI=1S/C16H27NO4/c1-14-11-15(12-17)3-4-16(14)13-21-10-9-20-8-7-19-6-5-18-2/h3-4,11H,5-10,12-13,17H2,1-2H3. The first-order valence-corrected chi connectivity index (χ1v) is 7.28. The molecule has 21 heavy (non-hydrogen) atoms. The van der Waals surface area contributed by atoms with Crippen LogP contribution in [0.5, 0.6) is 0 Å². The molecule has 0 bridgehead atoms. The zero-order chi connectivity index (χ0) is 15.3. The Labute approximate surface area is 127 Å². The highest BCUT2D eigenvalue weighted by molar-refractivity contribution is 5.30. The lowest BCUT2D eigenvalue weighted by molar-refractivity contribution is 0.000812. The maximum atomic E-state index is 5.61. The zero-order valence-electron chi connectivity index (χ0n) is 13.1. The van der Waals surface area contributed by atoms with E-state index in [1.165, 1.54) is 11.1 Å². The van der Waals surface area contributed by atoms with Crippen LogP contribution in [0.2, 0.25) is 0 Å². The number of nitrogens with two attached hydrogens (primary N) is 1. The molecule has 5 nitrogen and oxygen atoms in total. The van der Waals surface area contributed by atoms with Crippen LogP contribution >= 0.6 is 0 Å². The Bertz CT molecular complexity index is 385. The van der Waals surface area contributed by atoms with E-state index in [1.54, 1.807) is 7.11 Å². The molecule has 0 radical (unpaired) electrons. The molecule has 0 spiro atoms. The summed E-state index contributed by atoms with van der Waals surface area (Å²) in [7, 11) is 1.66. The highest BCUT2D eigenvalue weighted by atomic mass is 16.6. The van der Waals surface area contributed by atoms with Gasteiger partial charge in [-0.05, 0) is 23.6 Å². The van der Waals surface area contributed by atoms with Gasteiger partial charge in [-0.25, -0.2) is 0 Å². The SMILES string of the molecule is COCCOCCOCCOCc1ccc(CN)cc1C. The van der Waals surface area contributed by atoms with Crippen LogP contribution in [0.1, 0.15) is 16.7 Å². The summed E-state index contributed by atoms with van der Waals surface area (Å²) < 4.78 is 21.2. The van der Waals surface area contributed by atoms with E-state index >= 15 is 0 Å². The summed E-state index contributed by atoms with van der Waals surface area (Å²) in [6.07, 6.45) is 0. The minimum Gasteiger partial charge on any atom is -0.382 e. The van der Waals surface area contributed by atoms with Crippen molar-refractivity contribution in [1.82, 2.24) is 0 Å². The molecular weight excluding hydrogens is 270 g/mol. The van der Waals surface area contributed by atoms with Gasteiger partial charge in [0.05, 0.1) is 46.2 Å². The molecule has 1 rings (SSSR count). The molecule has 2 N–H and O–H groups in total. The number of hydrogen-bond acceptors (Lipinski definition) is 5. The van der Waals surface area contributed by atoms with Gasteiger partial charge in [-0.3, -0.25) is 0 Å². The summed E-state index contributed by atoms with van der Waals surface area (Å²) in [6, 6.07) is 6.22. The number of hydrogen-bond donors (Lipinski definition) is 1. The molecule has 0 fully saturated rings. The van der Waals surface area contributed by atoms with Gasteiger partial charge < -0.3 is 24.7 Å². The van der Waals surface area contributed by atoms with Gasteiger partial charge in [-0.2, -0.15) is 0 Å². The average Bonchev–Trinajstić information content (AvgIpc) is 2.50. The van der Waals surface area contributed by atoms with Crippen LogP contribution in [0.25, 0.3) is 0 Å². The third kappa shape index (κ3) is 8.14. The van der Waals surface area contributed by atoms with Crippen LogP contribution in [0, 0.1) is 6.92 Å². The van der Waals surface area contributed by atoms with E-state index in [9.17, 15) is 0 Å². The Hall–Kier alpha value is -0.980. The molecule has 120 valence electrons. The largest absolute Gasteiger partial charge is 0.382 e. The summed E-state index contributed by atoms with van der Waals surface area (Å²) in [5, 5.41) is 0. The van der Waals surface area contributed by atoms with Gasteiger partial charge in [-0.15, -0.1) is 0 Å². The molecule has 0 aliphatic carbocycles. The van der Waals surface area contributed by atoms with Gasteiger partial charge in [0, 0.05) is 13.7 Å². The number of ether oxygens (including phenoxy) is 4. The predicted molar refractivity (Wildman–Crippen MR) is 82.2 cm³/mol. The lowest BCUT2D eigenvalue weighted by atomic mass is 10.1. The molecular formula is C16H27NO4. The number of methoxy groups -OCH3 is 1. The number of rotatable bonds is 12. The molecule has 0 saturated carbocycles. The quantitative estimate of drug-likeness (QED) is 0.594. The minimum absolute atomic E-state index is 0.572. The van der Waals surface area contributed by atoms with Crippen molar-refractivity contribution in [2.24, 2.45) is 5.73 Å². The van der Waals surface area contributed by atoms with Gasteiger partial charge in [-0.1, -0.05) is 18.2 Å². The molecule has 0 aliphatic heterocycles. The molecule has 1 aromatic carbocycles. The zero-order valence-corrected chi connectivity index (χ0v) is 13.1. The molecule has 0 aliphatic rings. The van der Waals surface area contributed by atoms with Crippen molar-refractivity contribution in [3.05, 3.63) is 34.9 Å². The van der Waals surface area contributed by atoms with Crippen molar-refractivity contribution in [2.45, 2.75) is 20.1 Å². The highest BCUT2D eigenvalue weighted by Crippen LogP contribution is 2.11. The van der Waals surface area contributed by atoms with Gasteiger partial charge in [0.25, 0.3) is 0 Å². The molecule has 0 saturated heterocycles. The first-order chi connectivity index (χ1) is 10.3. The molecule has 1 aromatic rings. The Morgan fingerprint density at radius 2 is 1.52 bits per heavy atom. The van der Waals surface area contributed by atoms with E-state index in [4.69, 9.17) is 24.7 Å². The average molecular weight is 297 g/mol. The van der Waals surface area contributed by atoms with Crippen molar-refractivity contribution in [3.63, 3.8) is 0 Å². The van der Waals surface area contributed by atoms with Crippen molar-refractivity contribution < 1.29 is 18.9 Å². The van der Waals surface area contributed by atoms with Crippen molar-refractivity contribution in [1.29, 1.82) is 0 Å². The lowest BCUT2D eigenvalue weighted by Gasteiger charge is -2.09. The monoisotopic (exact) mass is 297 g/mol. The fourth-order valence-corrected chi connectivity index (χ4v) is 1.81. The second-order valence-corrected chi connectivity index (χ2v) is 4.74. The molecule has 0 amide bonds. The Morgan fingerprint density at radius 1 is 0.905 bits per heavy atom. The third-order valence-electron chi connectivity index (χ3n) is 3.08. The van der Waals surface area contributed by atoms with Gasteiger partial charge >= 0.3 is 0 Å². The van der Waals surface area contributed by atoms with E-state index in [0.717, 1.165) is 5.56 Å². The van der Waals surface area contributed by atoms with Gasteiger partial charge in [0.2, 0.25) is 0 Å². The van der Waals surface area contributed by atoms with E-state index in [0.29, 0.717) is 52.8 Å². The predicted octanol–water partition coefficient (Wildman–Crippen LogP) is 1.65. The molecule has 0 heterocycles. The minimum atomic E-state index is 0.572. The molecule has 0 unspecified atom stereocenters. The van der Waals surface area contributed by atoms with Gasteiger partial charge in [0.15, 0.2) is 0 Å². The van der Waals surface area contributed by atoms with E-state index in [2.05, 4.69) is 19.1 Å². The Morgan fingerprint density at radius 3 is 2.10 bits per heavy atom. The van der Waals surface area contributed by atoms with E-state index in [-0.39, 0.29) is 0 Å². The first kappa shape index (κ1) is 18.1. The van der Waals surface area contributed by atoms with Crippen LogP contribution in [-0.2, 0) is 32.1 Å². The first-order valence-electron chi connectivity index (χ1n) is 7.28. The fraction of sp³-hybridized carbons (Fsp3) is 0.625. The maximum absolute atomic E-state index is 5.61. The van der Waals surface area contributed by atoms with Gasteiger partial charge in [0.1, 0.15) is 0 Å². The normalized spacial score (nSPS) is 11.0. The van der Waals surface area contributed by atoms with Crippen LogP contribution < -0.4 is 5.73 Å². The second-order valence-electron chi connectivity index (χ2n) is 4.74. The molecule has 0 aromatic heterocycles. The highest BCUT2D eigenvalue weighted by Gasteiger charge is 2.00. The summed E-state index contributed by atoms with van der Waals surface area (Å²) in [6.45, 7) is 6.79. The second kappa shape index (κ2) is 11.7. The van der Waals surface area contributed by atoms with Crippen LogP contribution in [0.15, 0.2) is 18.2 Å². The molecule has 0 atom stereocenters. The smallest absolute Gasteiger partial charge is 0.0720 e. The maximum Gasteiger partial charge on any atom is 0.0720 e. The topological polar surface area (TPSA) is 62.9 Å². The van der Waals surface area contributed by atoms with E-state index in [1.807, 2.05) is 6.07 Å². The van der Waals surface area contributed by atoms with Crippen molar-refractivity contribution in [3.8, 4) is 0 Å². The van der Waals surface area contributed by atoms with Crippen molar-refractivity contribution >= 4 is 0 Å². The Kier molecular flexibility index (Phi) is 10.0. The lowest BCUT2D eigenvalue weighted by Crippen LogP contribution is -2.11. The van der Waals surface area contributed by atoms with E-state index < -0.39 is 0 Å². The molecule has 5 heteroatoms. The van der Waals surface area contributed by atoms with Crippen LogP contribution in [0.3, 0.4) is 0 Å². The Balaban J connectivity index is 2.01. The summed E-state index contributed by atoms with van der Waals surface area (Å²) in [4.78, 5) is 0. The third-order valence-corrected chi connectivity index (χ3v) is 3.08. The summed E-state index contributed by atoms with van der Waals surface area (Å²) in [5.41, 5.74) is 9.16. The summed E-state index contributed by atoms with van der Waals surface area (Å²) >= 11 is 0. The summed E-state index contributed by atoms with van der Waals surface area (Å²) in [5.74, 6) is 0. The van der Waals surface area contributed by atoms with Crippen molar-refractivity contribution in [2.75, 3.05) is 46.8 Å². The number of aryl methyl sites for hydroxylation is 1. The number of benzene rings is 1. The fourth-order valence-electron chi connectivity index (χ4n) is 1.81.